The lowest BCUT2D eigenvalue weighted by Crippen LogP contribution is -1.63. The highest BCUT2D eigenvalue weighted by Crippen LogP contribution is 1.86. The van der Waals surface area contributed by atoms with E-state index < -0.39 is 0 Å². The lowest BCUT2D eigenvalue weighted by molar-refractivity contribution is 0.884. The SMILES string of the molecule is CCC[CH2][AlH2].[HH]. The van der Waals surface area contributed by atoms with Gasteiger partial charge in [-0.1, -0.05) is 19.8 Å². The van der Waals surface area contributed by atoms with E-state index in [1.54, 1.807) is 0 Å². The molecular formula is C4H13Al. The smallest absolute Gasteiger partial charge is 0.101 e. The van der Waals surface area contributed by atoms with Gasteiger partial charge in [-0.05, 0) is 0 Å². The molecule has 0 unspecified atom stereocenters. The van der Waals surface area contributed by atoms with Crippen molar-refractivity contribution >= 4 is 16.3 Å². The Hall–Kier alpha value is 0.532. The molecule has 5 heavy (non-hydrogen) atoms. The predicted molar refractivity (Wildman–Crippen MR) is 30.4 cm³/mol. The maximum absolute atomic E-state index is 2.23. The molecule has 0 heterocycles. The molecule has 1 heteroatoms. The summed E-state index contributed by atoms with van der Waals surface area (Å²) in [7, 11) is 0. The molecule has 0 aromatic heterocycles. The Morgan fingerprint density at radius 3 is 2.40 bits per heavy atom. The quantitative estimate of drug-likeness (QED) is 0.443. The van der Waals surface area contributed by atoms with Crippen LogP contribution in [0.3, 0.4) is 0 Å². The first-order chi connectivity index (χ1) is 2.41. The molecule has 0 amide bonds. The van der Waals surface area contributed by atoms with Gasteiger partial charge < -0.3 is 0 Å². The second kappa shape index (κ2) is 4.53. The van der Waals surface area contributed by atoms with Gasteiger partial charge in [0, 0.05) is 1.43 Å². The van der Waals surface area contributed by atoms with Gasteiger partial charge in [0.05, 0.1) is 0 Å². The average Bonchev–Trinajstić information content (AvgIpc) is 1.41. The zero-order valence-electron chi connectivity index (χ0n) is 4.12. The van der Waals surface area contributed by atoms with Gasteiger partial charge in [-0.25, -0.2) is 0 Å². The van der Waals surface area contributed by atoms with Crippen molar-refractivity contribution in [2.24, 2.45) is 0 Å². The van der Waals surface area contributed by atoms with Gasteiger partial charge in [0.15, 0.2) is 0 Å². The van der Waals surface area contributed by atoms with Gasteiger partial charge in [-0.2, -0.15) is 0 Å². The van der Waals surface area contributed by atoms with E-state index in [9.17, 15) is 0 Å². The summed E-state index contributed by atoms with van der Waals surface area (Å²) in [4.78, 5) is 0. The highest BCUT2D eigenvalue weighted by Gasteiger charge is 1.69. The molecule has 0 aliphatic rings. The third-order valence-electron chi connectivity index (χ3n) is 0.707. The molecule has 0 spiro atoms. The summed E-state index contributed by atoms with van der Waals surface area (Å²) >= 11 is 1.40. The topological polar surface area (TPSA) is 0 Å². The minimum Gasteiger partial charge on any atom is -0.101 e. The van der Waals surface area contributed by atoms with E-state index in [0.29, 0.717) is 0 Å². The van der Waals surface area contributed by atoms with Crippen molar-refractivity contribution in [3.63, 3.8) is 0 Å². The van der Waals surface area contributed by atoms with E-state index in [1.807, 2.05) is 0 Å². The molecule has 0 radical (unpaired) electrons. The minimum absolute atomic E-state index is 0. The Labute approximate surface area is 43.5 Å². The molecule has 0 N–H and O–H groups in total. The van der Waals surface area contributed by atoms with Crippen LogP contribution in [0.2, 0.25) is 5.28 Å². The molecule has 0 aromatic rings. The summed E-state index contributed by atoms with van der Waals surface area (Å²) in [6.07, 6.45) is 2.83. The Bertz CT molecular complexity index is 15.0. The van der Waals surface area contributed by atoms with E-state index in [1.165, 1.54) is 34.4 Å². The molecule has 0 aliphatic carbocycles. The van der Waals surface area contributed by atoms with E-state index in [-0.39, 0.29) is 1.43 Å². The van der Waals surface area contributed by atoms with Crippen LogP contribution in [0.15, 0.2) is 0 Å². The molecule has 0 nitrogen and oxygen atoms in total. The molecule has 0 saturated heterocycles. The van der Waals surface area contributed by atoms with Crippen LogP contribution in [-0.4, -0.2) is 16.3 Å². The van der Waals surface area contributed by atoms with Crippen LogP contribution >= 0.6 is 0 Å². The lowest BCUT2D eigenvalue weighted by atomic mass is 10.4. The Morgan fingerprint density at radius 1 is 1.80 bits per heavy atom. The maximum Gasteiger partial charge on any atom is 0.211 e. The summed E-state index contributed by atoms with van der Waals surface area (Å²) in [5.41, 5.74) is 0. The van der Waals surface area contributed by atoms with Crippen LogP contribution in [0.4, 0.5) is 0 Å². The predicted octanol–water partition coefficient (Wildman–Crippen LogP) is 1.08. The van der Waals surface area contributed by atoms with Crippen molar-refractivity contribution < 1.29 is 1.43 Å². The standard InChI is InChI=1S/C4H9.Al.H2.2H/c1-3-4-2;;;;/h1,3-4H2,2H3;;1H;;. The average molecular weight is 88.1 g/mol. The number of rotatable bonds is 2. The molecular weight excluding hydrogens is 75.0 g/mol. The van der Waals surface area contributed by atoms with Gasteiger partial charge in [0.25, 0.3) is 0 Å². The molecule has 0 aliphatic heterocycles. The van der Waals surface area contributed by atoms with Crippen molar-refractivity contribution in [3.05, 3.63) is 0 Å². The monoisotopic (exact) mass is 88.1 g/mol. The molecule has 0 rings (SSSR count). The van der Waals surface area contributed by atoms with Gasteiger partial charge in [-0.15, -0.1) is 5.28 Å². The van der Waals surface area contributed by atoms with Crippen LogP contribution in [0, 0.1) is 0 Å². The second-order valence-corrected chi connectivity index (χ2v) is 2.35. The van der Waals surface area contributed by atoms with Crippen LogP contribution in [-0.2, 0) is 0 Å². The minimum atomic E-state index is 0. The second-order valence-electron chi connectivity index (χ2n) is 1.35. The first-order valence-electron chi connectivity index (χ1n) is 2.41. The Balaban J connectivity index is 0. The third-order valence-corrected chi connectivity index (χ3v) is 1.41. The Kier molecular flexibility index (Phi) is 5.02. The van der Waals surface area contributed by atoms with Crippen LogP contribution in [0.5, 0.6) is 0 Å². The van der Waals surface area contributed by atoms with E-state index in [4.69, 9.17) is 0 Å². The van der Waals surface area contributed by atoms with Crippen molar-refractivity contribution in [1.29, 1.82) is 0 Å². The Morgan fingerprint density at radius 2 is 2.40 bits per heavy atom. The normalized spacial score (nSPS) is 8.20. The van der Waals surface area contributed by atoms with Crippen molar-refractivity contribution in [1.82, 2.24) is 0 Å². The summed E-state index contributed by atoms with van der Waals surface area (Å²) in [6, 6.07) is 0. The fraction of sp³-hybridized carbons (Fsp3) is 1.00. The van der Waals surface area contributed by atoms with Crippen LogP contribution in [0.1, 0.15) is 21.2 Å². The fourth-order valence-corrected chi connectivity index (χ4v) is 1.06. The van der Waals surface area contributed by atoms with Gasteiger partial charge in [-0.3, -0.25) is 0 Å². The van der Waals surface area contributed by atoms with Gasteiger partial charge in [0.1, 0.15) is 0 Å². The summed E-state index contributed by atoms with van der Waals surface area (Å²) in [5, 5.41) is 1.48. The maximum atomic E-state index is 2.23. The molecule has 0 atom stereocenters. The highest BCUT2D eigenvalue weighted by molar-refractivity contribution is 6.08. The van der Waals surface area contributed by atoms with Crippen LogP contribution in [0.25, 0.3) is 0 Å². The van der Waals surface area contributed by atoms with Gasteiger partial charge in [0.2, 0.25) is 16.3 Å². The molecule has 0 fully saturated rings. The van der Waals surface area contributed by atoms with Gasteiger partial charge >= 0.3 is 0 Å². The number of hydrogen-bond donors (Lipinski definition) is 0. The first kappa shape index (κ1) is 5.53. The largest absolute Gasteiger partial charge is 0.211 e. The molecule has 0 bridgehead atoms. The fourth-order valence-electron chi connectivity index (χ4n) is 0.354. The zero-order valence-corrected chi connectivity index (χ0v) is 6.12. The number of hydrogen-bond acceptors (Lipinski definition) is 0. The summed E-state index contributed by atoms with van der Waals surface area (Å²) in [5.74, 6) is 0. The van der Waals surface area contributed by atoms with Crippen molar-refractivity contribution in [3.8, 4) is 0 Å². The number of unbranched alkanes of at least 4 members (excludes halogenated alkanes) is 1. The molecule has 32 valence electrons. The van der Waals surface area contributed by atoms with E-state index in [2.05, 4.69) is 6.92 Å². The van der Waals surface area contributed by atoms with Crippen LogP contribution < -0.4 is 0 Å². The molecule has 0 saturated carbocycles. The third kappa shape index (κ3) is 4.53. The zero-order chi connectivity index (χ0) is 4.12. The van der Waals surface area contributed by atoms with Crippen molar-refractivity contribution in [2.75, 3.05) is 0 Å². The molecule has 0 aromatic carbocycles. The first-order valence-corrected chi connectivity index (χ1v) is 3.83. The summed E-state index contributed by atoms with van der Waals surface area (Å²) < 4.78 is 0. The highest BCUT2D eigenvalue weighted by atomic mass is 27.0. The van der Waals surface area contributed by atoms with Crippen molar-refractivity contribution in [2.45, 2.75) is 25.0 Å². The van der Waals surface area contributed by atoms with E-state index >= 15 is 0 Å². The lowest BCUT2D eigenvalue weighted by Gasteiger charge is -1.78. The van der Waals surface area contributed by atoms with E-state index in [0.717, 1.165) is 0 Å². The summed E-state index contributed by atoms with van der Waals surface area (Å²) in [6.45, 7) is 2.23.